The first kappa shape index (κ1) is 16.8. The van der Waals surface area contributed by atoms with E-state index >= 15 is 0 Å². The normalized spacial score (nSPS) is 14.8. The average molecular weight is 250 g/mol. The third-order valence-electron chi connectivity index (χ3n) is 2.08. The molecule has 0 saturated heterocycles. The van der Waals surface area contributed by atoms with Crippen LogP contribution < -0.4 is 0 Å². The van der Waals surface area contributed by atoms with Gasteiger partial charge in [0.25, 0.3) is 0 Å². The maximum Gasteiger partial charge on any atom is 0.0697 e. The number of hydrogen-bond acceptors (Lipinski definition) is 5. The Bertz CT molecular complexity index is 138. The Balaban J connectivity index is 3.29. The van der Waals surface area contributed by atoms with Crippen molar-refractivity contribution in [1.29, 1.82) is 0 Å². The van der Waals surface area contributed by atoms with Gasteiger partial charge < -0.3 is 24.4 Å². The second-order valence-electron chi connectivity index (χ2n) is 4.34. The SMILES string of the molecule is CC(COCCO)COCC(C)COCCO. The van der Waals surface area contributed by atoms with Crippen molar-refractivity contribution in [3.8, 4) is 0 Å². The van der Waals surface area contributed by atoms with E-state index in [4.69, 9.17) is 24.4 Å². The van der Waals surface area contributed by atoms with Gasteiger partial charge in [-0.25, -0.2) is 0 Å². The van der Waals surface area contributed by atoms with Gasteiger partial charge in [0.2, 0.25) is 0 Å². The van der Waals surface area contributed by atoms with Crippen molar-refractivity contribution in [3.05, 3.63) is 0 Å². The molecule has 0 saturated carbocycles. The van der Waals surface area contributed by atoms with Crippen LogP contribution in [-0.4, -0.2) is 63.1 Å². The van der Waals surface area contributed by atoms with E-state index in [1.54, 1.807) is 0 Å². The average Bonchev–Trinajstić information content (AvgIpc) is 2.30. The van der Waals surface area contributed by atoms with Gasteiger partial charge in [-0.05, 0) is 0 Å². The summed E-state index contributed by atoms with van der Waals surface area (Å²) >= 11 is 0. The van der Waals surface area contributed by atoms with Gasteiger partial charge in [-0.3, -0.25) is 0 Å². The second kappa shape index (κ2) is 12.3. The Labute approximate surface area is 104 Å². The summed E-state index contributed by atoms with van der Waals surface area (Å²) in [5, 5.41) is 17.1. The summed E-state index contributed by atoms with van der Waals surface area (Å²) in [4.78, 5) is 0. The molecule has 0 aliphatic rings. The van der Waals surface area contributed by atoms with Crippen molar-refractivity contribution in [2.24, 2.45) is 11.8 Å². The Kier molecular flexibility index (Phi) is 12.1. The molecule has 104 valence electrons. The molecule has 0 spiro atoms. The van der Waals surface area contributed by atoms with Crippen LogP contribution in [0, 0.1) is 11.8 Å². The van der Waals surface area contributed by atoms with Crippen LogP contribution in [0.15, 0.2) is 0 Å². The zero-order valence-corrected chi connectivity index (χ0v) is 10.9. The van der Waals surface area contributed by atoms with Gasteiger partial charge in [-0.15, -0.1) is 0 Å². The lowest BCUT2D eigenvalue weighted by atomic mass is 10.2. The zero-order chi connectivity index (χ0) is 12.9. The monoisotopic (exact) mass is 250 g/mol. The largest absolute Gasteiger partial charge is 0.394 e. The third kappa shape index (κ3) is 12.1. The Hall–Kier alpha value is -0.200. The molecular weight excluding hydrogens is 224 g/mol. The standard InChI is InChI=1S/C12H26O5/c1-11(7-15-5-3-13)9-17-10-12(2)8-16-6-4-14/h11-14H,3-10H2,1-2H3. The van der Waals surface area contributed by atoms with Crippen molar-refractivity contribution < 1.29 is 24.4 Å². The predicted molar refractivity (Wildman–Crippen MR) is 65.0 cm³/mol. The highest BCUT2D eigenvalue weighted by Crippen LogP contribution is 2.01. The van der Waals surface area contributed by atoms with Crippen molar-refractivity contribution in [2.75, 3.05) is 52.9 Å². The van der Waals surface area contributed by atoms with Crippen LogP contribution in [-0.2, 0) is 14.2 Å². The summed E-state index contributed by atoms with van der Waals surface area (Å²) in [5.41, 5.74) is 0. The summed E-state index contributed by atoms with van der Waals surface area (Å²) in [6.07, 6.45) is 0. The van der Waals surface area contributed by atoms with E-state index in [1.165, 1.54) is 0 Å². The van der Waals surface area contributed by atoms with Crippen LogP contribution in [0.2, 0.25) is 0 Å². The quantitative estimate of drug-likeness (QED) is 0.487. The highest BCUT2D eigenvalue weighted by molar-refractivity contribution is 4.52. The summed E-state index contributed by atoms with van der Waals surface area (Å²) in [7, 11) is 0. The lowest BCUT2D eigenvalue weighted by Crippen LogP contribution is -2.19. The topological polar surface area (TPSA) is 68.2 Å². The molecule has 0 amide bonds. The molecule has 0 radical (unpaired) electrons. The molecular formula is C12H26O5. The lowest BCUT2D eigenvalue weighted by molar-refractivity contribution is 0.00492. The van der Waals surface area contributed by atoms with Crippen molar-refractivity contribution in [2.45, 2.75) is 13.8 Å². The Morgan fingerprint density at radius 1 is 0.706 bits per heavy atom. The summed E-state index contributed by atoms with van der Waals surface area (Å²) in [6, 6.07) is 0. The van der Waals surface area contributed by atoms with Crippen molar-refractivity contribution in [3.63, 3.8) is 0 Å². The molecule has 5 nitrogen and oxygen atoms in total. The molecule has 0 aliphatic heterocycles. The first-order valence-corrected chi connectivity index (χ1v) is 6.15. The van der Waals surface area contributed by atoms with E-state index in [1.807, 2.05) is 13.8 Å². The molecule has 0 rings (SSSR count). The number of aliphatic hydroxyl groups is 2. The third-order valence-corrected chi connectivity index (χ3v) is 2.08. The molecule has 0 aromatic heterocycles. The van der Waals surface area contributed by atoms with E-state index in [0.29, 0.717) is 51.5 Å². The molecule has 17 heavy (non-hydrogen) atoms. The van der Waals surface area contributed by atoms with Crippen molar-refractivity contribution >= 4 is 0 Å². The molecule has 0 aromatic carbocycles. The maximum absolute atomic E-state index is 8.54. The van der Waals surface area contributed by atoms with E-state index in [9.17, 15) is 0 Å². The van der Waals surface area contributed by atoms with Gasteiger partial charge in [-0.2, -0.15) is 0 Å². The molecule has 5 heteroatoms. The fourth-order valence-corrected chi connectivity index (χ4v) is 1.26. The van der Waals surface area contributed by atoms with Crippen LogP contribution in [0.5, 0.6) is 0 Å². The fraction of sp³-hybridized carbons (Fsp3) is 1.00. The van der Waals surface area contributed by atoms with Crippen LogP contribution in [0.25, 0.3) is 0 Å². The highest BCUT2D eigenvalue weighted by Gasteiger charge is 2.06. The smallest absolute Gasteiger partial charge is 0.0697 e. The predicted octanol–water partition coefficient (Wildman–Crippen LogP) is 0.293. The molecule has 0 aliphatic carbocycles. The summed E-state index contributed by atoms with van der Waals surface area (Å²) in [5.74, 6) is 0.652. The Morgan fingerprint density at radius 3 is 1.41 bits per heavy atom. The van der Waals surface area contributed by atoms with Gasteiger partial charge in [-0.1, -0.05) is 13.8 Å². The lowest BCUT2D eigenvalue weighted by Gasteiger charge is -2.15. The highest BCUT2D eigenvalue weighted by atomic mass is 16.5. The maximum atomic E-state index is 8.54. The van der Waals surface area contributed by atoms with Crippen LogP contribution in [0.1, 0.15) is 13.8 Å². The minimum absolute atomic E-state index is 0.0623. The van der Waals surface area contributed by atoms with E-state index in [0.717, 1.165) is 0 Å². The van der Waals surface area contributed by atoms with Gasteiger partial charge in [0.15, 0.2) is 0 Å². The van der Waals surface area contributed by atoms with E-state index in [2.05, 4.69) is 0 Å². The molecule has 0 aromatic rings. The molecule has 0 heterocycles. The second-order valence-corrected chi connectivity index (χ2v) is 4.34. The molecule has 2 N–H and O–H groups in total. The van der Waals surface area contributed by atoms with E-state index in [-0.39, 0.29) is 13.2 Å². The van der Waals surface area contributed by atoms with Crippen LogP contribution in [0.3, 0.4) is 0 Å². The zero-order valence-electron chi connectivity index (χ0n) is 10.9. The van der Waals surface area contributed by atoms with Crippen LogP contribution in [0.4, 0.5) is 0 Å². The van der Waals surface area contributed by atoms with Gasteiger partial charge >= 0.3 is 0 Å². The number of rotatable bonds is 12. The van der Waals surface area contributed by atoms with Gasteiger partial charge in [0.1, 0.15) is 0 Å². The number of aliphatic hydroxyl groups excluding tert-OH is 2. The summed E-state index contributed by atoms with van der Waals surface area (Å²) in [6.45, 7) is 7.50. The van der Waals surface area contributed by atoms with E-state index < -0.39 is 0 Å². The molecule has 2 unspecified atom stereocenters. The fourth-order valence-electron chi connectivity index (χ4n) is 1.26. The first-order chi connectivity index (χ1) is 8.20. The Morgan fingerprint density at radius 2 is 1.06 bits per heavy atom. The number of hydrogen-bond donors (Lipinski definition) is 2. The first-order valence-electron chi connectivity index (χ1n) is 6.15. The summed E-state index contributed by atoms with van der Waals surface area (Å²) < 4.78 is 15.9. The van der Waals surface area contributed by atoms with Crippen molar-refractivity contribution in [1.82, 2.24) is 0 Å². The minimum Gasteiger partial charge on any atom is -0.394 e. The molecule has 0 fully saturated rings. The number of ether oxygens (including phenoxy) is 3. The van der Waals surface area contributed by atoms with Crippen LogP contribution >= 0.6 is 0 Å². The minimum atomic E-state index is 0.0623. The molecule has 2 atom stereocenters. The molecule has 0 bridgehead atoms. The van der Waals surface area contributed by atoms with Gasteiger partial charge in [0, 0.05) is 11.8 Å². The van der Waals surface area contributed by atoms with Gasteiger partial charge in [0.05, 0.1) is 52.9 Å².